The number of benzene rings is 15. The number of hydrogen-bond acceptors (Lipinski definition) is 6. The summed E-state index contributed by atoms with van der Waals surface area (Å²) in [5.41, 5.74) is 24.1. The smallest absolute Gasteiger partial charge is 0.164 e. The van der Waals surface area contributed by atoms with Gasteiger partial charge in [-0.2, -0.15) is 0 Å². The molecular weight excluding hydrogens is 1270 g/mol. The van der Waals surface area contributed by atoms with Gasteiger partial charge in [-0.15, -0.1) is 0 Å². The fourth-order valence-electron chi connectivity index (χ4n) is 14.9. The molecule has 0 aliphatic carbocycles. The van der Waals surface area contributed by atoms with E-state index in [0.717, 1.165) is 155 Å². The Hall–Kier alpha value is -14.1. The topological polar surface area (TPSA) is 87.2 Å². The second kappa shape index (κ2) is 26.2. The fraction of sp³-hybridized carbons (Fsp3) is 0. The van der Waals surface area contributed by atoms with Gasteiger partial charge in [0.05, 0.1) is 33.4 Å². The Labute approximate surface area is 601 Å². The van der Waals surface area contributed by atoms with Gasteiger partial charge < -0.3 is 9.13 Å². The molecule has 4 heterocycles. The molecule has 0 amide bonds. The highest BCUT2D eigenvalue weighted by Gasteiger charge is 2.27. The molecular formula is C96H62N8. The molecule has 0 N–H and O–H groups in total. The molecule has 8 nitrogen and oxygen atoms in total. The molecule has 0 aliphatic rings. The largest absolute Gasteiger partial charge is 0.309 e. The second-order valence-electron chi connectivity index (χ2n) is 26.1. The van der Waals surface area contributed by atoms with Crippen LogP contribution in [0.2, 0.25) is 0 Å². The monoisotopic (exact) mass is 1330 g/mol. The van der Waals surface area contributed by atoms with Crippen molar-refractivity contribution in [3.63, 3.8) is 0 Å². The van der Waals surface area contributed by atoms with E-state index in [-0.39, 0.29) is 0 Å². The summed E-state index contributed by atoms with van der Waals surface area (Å²) in [5, 5.41) is 4.50. The van der Waals surface area contributed by atoms with Crippen LogP contribution in [0.3, 0.4) is 0 Å². The van der Waals surface area contributed by atoms with Crippen LogP contribution < -0.4 is 0 Å². The molecule has 0 atom stereocenters. The molecule has 104 heavy (non-hydrogen) atoms. The number of nitrogens with zero attached hydrogens (tertiary/aromatic N) is 8. The van der Waals surface area contributed by atoms with Gasteiger partial charge in [-0.05, 0) is 122 Å². The average molecular weight is 1330 g/mol. The first-order valence-corrected chi connectivity index (χ1v) is 35.1. The molecule has 0 spiro atoms. The van der Waals surface area contributed by atoms with E-state index in [9.17, 15) is 0 Å². The lowest BCUT2D eigenvalue weighted by Crippen LogP contribution is -2.05. The van der Waals surface area contributed by atoms with Crippen molar-refractivity contribution >= 4 is 43.6 Å². The molecule has 19 aromatic rings. The Morgan fingerprint density at radius 2 is 0.375 bits per heavy atom. The molecule has 0 unspecified atom stereocenters. The van der Waals surface area contributed by atoms with Crippen molar-refractivity contribution in [2.75, 3.05) is 0 Å². The molecule has 0 saturated heterocycles. The first-order valence-electron chi connectivity index (χ1n) is 35.1. The zero-order valence-corrected chi connectivity index (χ0v) is 56.4. The highest BCUT2D eigenvalue weighted by Crippen LogP contribution is 2.48. The second-order valence-corrected chi connectivity index (χ2v) is 26.1. The molecule has 19 rings (SSSR count). The van der Waals surface area contributed by atoms with E-state index in [2.05, 4.69) is 312 Å². The van der Waals surface area contributed by atoms with Crippen molar-refractivity contribution in [2.24, 2.45) is 0 Å². The number of fused-ring (bicyclic) bond motifs is 6. The number of hydrogen-bond donors (Lipinski definition) is 0. The van der Waals surface area contributed by atoms with Crippen LogP contribution in [0, 0.1) is 0 Å². The summed E-state index contributed by atoms with van der Waals surface area (Å²) in [7, 11) is 0. The minimum Gasteiger partial charge on any atom is -0.309 e. The third kappa shape index (κ3) is 11.2. The summed E-state index contributed by atoms with van der Waals surface area (Å²) < 4.78 is 4.89. The quantitative estimate of drug-likeness (QED) is 0.108. The SMILES string of the molecule is c1ccc(-c2ccc3c(c2)c2cc(-c4ccccc4)ccc2n3-c2cccc(-c3nc(-c4ccccc4)nc(-c4ccccc4)n3)c2-c2cccc(-c3c(-c4nc(-c5ccccc5)nc(-c5ccccc5)n4)cccc3-n3c4ccc(-c5ccccc5)cc4c4cc(-c5ccccc5)ccc43)c2)cc1. The van der Waals surface area contributed by atoms with Gasteiger partial charge in [-0.1, -0.05) is 309 Å². The normalized spacial score (nSPS) is 11.5. The van der Waals surface area contributed by atoms with Crippen molar-refractivity contribution in [3.8, 4) is 146 Å². The lowest BCUT2D eigenvalue weighted by atomic mass is 9.91. The fourth-order valence-corrected chi connectivity index (χ4v) is 14.9. The summed E-state index contributed by atoms with van der Waals surface area (Å²) in [6, 6.07) is 133. The van der Waals surface area contributed by atoms with Crippen LogP contribution >= 0.6 is 0 Å². The van der Waals surface area contributed by atoms with Gasteiger partial charge in [0.15, 0.2) is 34.9 Å². The van der Waals surface area contributed by atoms with Crippen LogP contribution in [-0.4, -0.2) is 39.0 Å². The van der Waals surface area contributed by atoms with Gasteiger partial charge in [0, 0.05) is 66.1 Å². The van der Waals surface area contributed by atoms with Crippen LogP contribution in [0.15, 0.2) is 376 Å². The lowest BCUT2D eigenvalue weighted by molar-refractivity contribution is 1.07. The first kappa shape index (κ1) is 61.0. The lowest BCUT2D eigenvalue weighted by Gasteiger charge is -2.21. The maximum atomic E-state index is 5.52. The number of aromatic nitrogens is 8. The Morgan fingerprint density at radius 3 is 0.635 bits per heavy atom. The van der Waals surface area contributed by atoms with Crippen LogP contribution in [0.25, 0.3) is 190 Å². The molecule has 4 aromatic heterocycles. The molecule has 0 bridgehead atoms. The van der Waals surface area contributed by atoms with E-state index in [1.54, 1.807) is 0 Å². The van der Waals surface area contributed by atoms with Gasteiger partial charge >= 0.3 is 0 Å². The minimum atomic E-state index is 0.529. The van der Waals surface area contributed by atoms with Crippen molar-refractivity contribution in [1.29, 1.82) is 0 Å². The highest BCUT2D eigenvalue weighted by atomic mass is 15.1. The third-order valence-electron chi connectivity index (χ3n) is 19.8. The van der Waals surface area contributed by atoms with E-state index in [1.165, 1.54) is 0 Å². The zero-order valence-electron chi connectivity index (χ0n) is 56.4. The Morgan fingerprint density at radius 1 is 0.154 bits per heavy atom. The highest BCUT2D eigenvalue weighted by molar-refractivity contribution is 6.14. The Bertz CT molecular complexity index is 5720. The average Bonchev–Trinajstić information content (AvgIpc) is 1.55. The van der Waals surface area contributed by atoms with Crippen molar-refractivity contribution in [3.05, 3.63) is 376 Å². The van der Waals surface area contributed by atoms with Gasteiger partial charge in [0.25, 0.3) is 0 Å². The van der Waals surface area contributed by atoms with E-state index in [4.69, 9.17) is 29.9 Å². The molecule has 0 saturated carbocycles. The summed E-state index contributed by atoms with van der Waals surface area (Å²) in [6.45, 7) is 0. The molecule has 486 valence electrons. The van der Waals surface area contributed by atoms with E-state index < -0.39 is 0 Å². The predicted octanol–water partition coefficient (Wildman–Crippen LogP) is 24.3. The van der Waals surface area contributed by atoms with E-state index >= 15 is 0 Å². The van der Waals surface area contributed by atoms with Crippen LogP contribution in [0.4, 0.5) is 0 Å². The van der Waals surface area contributed by atoms with Crippen LogP contribution in [0.5, 0.6) is 0 Å². The van der Waals surface area contributed by atoms with Gasteiger partial charge in [-0.25, -0.2) is 29.9 Å². The molecule has 8 heteroatoms. The molecule has 15 aromatic carbocycles. The summed E-state index contributed by atoms with van der Waals surface area (Å²) in [5.74, 6) is 3.32. The van der Waals surface area contributed by atoms with Gasteiger partial charge in [0.2, 0.25) is 0 Å². The summed E-state index contributed by atoms with van der Waals surface area (Å²) >= 11 is 0. The Kier molecular flexibility index (Phi) is 15.4. The first-order chi connectivity index (χ1) is 51.6. The van der Waals surface area contributed by atoms with Crippen molar-refractivity contribution < 1.29 is 0 Å². The third-order valence-corrected chi connectivity index (χ3v) is 19.8. The van der Waals surface area contributed by atoms with Crippen LogP contribution in [0.1, 0.15) is 0 Å². The summed E-state index contributed by atoms with van der Waals surface area (Å²) in [4.78, 5) is 32.6. The van der Waals surface area contributed by atoms with Gasteiger partial charge in [0.1, 0.15) is 0 Å². The van der Waals surface area contributed by atoms with E-state index in [1.807, 2.05) is 72.8 Å². The minimum absolute atomic E-state index is 0.529. The molecule has 0 fully saturated rings. The van der Waals surface area contributed by atoms with Crippen LogP contribution in [-0.2, 0) is 0 Å². The van der Waals surface area contributed by atoms with Crippen molar-refractivity contribution in [1.82, 2.24) is 39.0 Å². The molecule has 0 aliphatic heterocycles. The number of rotatable bonds is 14. The maximum absolute atomic E-state index is 5.52. The van der Waals surface area contributed by atoms with Gasteiger partial charge in [-0.3, -0.25) is 0 Å². The zero-order chi connectivity index (χ0) is 68.9. The predicted molar refractivity (Wildman–Crippen MR) is 427 cm³/mol. The Balaban J connectivity index is 0.914. The van der Waals surface area contributed by atoms with E-state index in [0.29, 0.717) is 34.9 Å². The summed E-state index contributed by atoms with van der Waals surface area (Å²) in [6.07, 6.45) is 0. The van der Waals surface area contributed by atoms with Crippen molar-refractivity contribution in [2.45, 2.75) is 0 Å². The molecule has 0 radical (unpaired) electrons. The maximum Gasteiger partial charge on any atom is 0.164 e. The standard InChI is InChI=1S/C96H62N8/c1-9-28-63(29-10-1)71-50-54-83-79(59-71)80-60-72(64-30-11-2-12-31-64)51-55-84(80)103(83)87-48-26-46-77(95-99-91(67-36-17-5-18-37-67)97-92(100-95)68-38-19-6-20-39-68)89(87)75-44-25-45-76(58-75)90-78(96-101-93(69-40-21-7-22-41-69)98-94(102-96)70-42-23-8-24-43-70)47-27-49-88(90)104-85-56-52-73(65-32-13-3-14-33-65)61-81(85)82-62-74(53-57-86(82)104)66-34-15-4-16-35-66/h1-62H.